The second-order valence-electron chi connectivity index (χ2n) is 9.13. The monoisotopic (exact) mass is 526 g/mol. The molecule has 200 valence electrons. The van der Waals surface area contributed by atoms with E-state index >= 15 is 0 Å². The minimum atomic E-state index is -1.40. The van der Waals surface area contributed by atoms with Crippen molar-refractivity contribution in [1.29, 1.82) is 0 Å². The largest absolute Gasteiger partial charge is 0.394 e. The fourth-order valence-corrected chi connectivity index (χ4v) is 4.65. The van der Waals surface area contributed by atoms with Crippen LogP contribution in [0.5, 0.6) is 0 Å². The third kappa shape index (κ3) is 4.58. The quantitative estimate of drug-likeness (QED) is 0.179. The SMILES string of the molecule is O=C(CCCCCN1C(=O)c2ccccc2C1=O)Nc1nc2c(ncn2[C@@H]2O[C@@H](CO)[C@@H](O)[C@H]2O)c(=O)[nH]1. The lowest BCUT2D eigenvalue weighted by molar-refractivity contribution is -0.116. The van der Waals surface area contributed by atoms with E-state index in [1.807, 2.05) is 0 Å². The van der Waals surface area contributed by atoms with Crippen molar-refractivity contribution in [3.05, 3.63) is 52.1 Å². The molecule has 2 aliphatic heterocycles. The molecule has 0 spiro atoms. The molecule has 1 saturated heterocycles. The highest BCUT2D eigenvalue weighted by atomic mass is 16.6. The van der Waals surface area contributed by atoms with Crippen LogP contribution in [-0.2, 0) is 9.53 Å². The Morgan fingerprint density at radius 1 is 1.05 bits per heavy atom. The Bertz CT molecular complexity index is 1420. The average molecular weight is 527 g/mol. The zero-order valence-corrected chi connectivity index (χ0v) is 20.1. The molecule has 2 aliphatic rings. The van der Waals surface area contributed by atoms with Gasteiger partial charge in [0.2, 0.25) is 11.9 Å². The lowest BCUT2D eigenvalue weighted by Crippen LogP contribution is -2.33. The number of hydrogen-bond acceptors (Lipinski definition) is 10. The van der Waals surface area contributed by atoms with Crippen molar-refractivity contribution in [3.63, 3.8) is 0 Å². The van der Waals surface area contributed by atoms with E-state index in [0.717, 1.165) is 0 Å². The molecule has 0 radical (unpaired) electrons. The predicted molar refractivity (Wildman–Crippen MR) is 130 cm³/mol. The van der Waals surface area contributed by atoms with E-state index < -0.39 is 42.6 Å². The van der Waals surface area contributed by atoms with Crippen LogP contribution in [0.3, 0.4) is 0 Å². The molecule has 4 atom stereocenters. The highest BCUT2D eigenvalue weighted by Crippen LogP contribution is 2.31. The summed E-state index contributed by atoms with van der Waals surface area (Å²) in [5.74, 6) is -1.17. The van der Waals surface area contributed by atoms with E-state index in [9.17, 15) is 34.5 Å². The van der Waals surface area contributed by atoms with Gasteiger partial charge in [-0.2, -0.15) is 4.98 Å². The van der Waals surface area contributed by atoms with Gasteiger partial charge < -0.3 is 20.1 Å². The smallest absolute Gasteiger partial charge is 0.280 e. The van der Waals surface area contributed by atoms with Crippen LogP contribution >= 0.6 is 0 Å². The van der Waals surface area contributed by atoms with Crippen molar-refractivity contribution in [2.45, 2.75) is 50.2 Å². The minimum Gasteiger partial charge on any atom is -0.394 e. The van der Waals surface area contributed by atoms with Gasteiger partial charge in [0.25, 0.3) is 17.4 Å². The van der Waals surface area contributed by atoms with E-state index in [-0.39, 0.29) is 41.9 Å². The Kier molecular flexibility index (Phi) is 7.03. The Morgan fingerprint density at radius 2 is 1.76 bits per heavy atom. The Hall–Kier alpha value is -3.98. The number of amides is 3. The number of aliphatic hydroxyl groups excluding tert-OH is 3. The summed E-state index contributed by atoms with van der Waals surface area (Å²) >= 11 is 0. The predicted octanol–water partition coefficient (Wildman–Crippen LogP) is -0.474. The highest BCUT2D eigenvalue weighted by molar-refractivity contribution is 6.21. The number of aromatic amines is 1. The number of aromatic nitrogens is 4. The van der Waals surface area contributed by atoms with Gasteiger partial charge in [-0.3, -0.25) is 38.9 Å². The van der Waals surface area contributed by atoms with E-state index in [0.29, 0.717) is 30.4 Å². The number of imidazole rings is 1. The number of nitrogens with one attached hydrogen (secondary N) is 2. The van der Waals surface area contributed by atoms with Gasteiger partial charge in [0.1, 0.15) is 18.3 Å². The molecule has 0 aliphatic carbocycles. The number of imide groups is 1. The first-order valence-electron chi connectivity index (χ1n) is 12.1. The number of carbonyl (C=O) groups is 3. The first-order chi connectivity index (χ1) is 18.3. The second-order valence-corrected chi connectivity index (χ2v) is 9.13. The van der Waals surface area contributed by atoms with Crippen LogP contribution < -0.4 is 10.9 Å². The molecule has 0 unspecified atom stereocenters. The van der Waals surface area contributed by atoms with Crippen LogP contribution in [0.4, 0.5) is 5.95 Å². The molecular formula is C24H26N6O8. The van der Waals surface area contributed by atoms with E-state index in [1.54, 1.807) is 24.3 Å². The van der Waals surface area contributed by atoms with Gasteiger partial charge in [-0.25, -0.2) is 4.98 Å². The molecule has 0 bridgehead atoms. The van der Waals surface area contributed by atoms with Crippen LogP contribution in [0.25, 0.3) is 11.2 Å². The van der Waals surface area contributed by atoms with Gasteiger partial charge in [-0.05, 0) is 25.0 Å². The van der Waals surface area contributed by atoms with Crippen molar-refractivity contribution in [2.24, 2.45) is 0 Å². The molecular weight excluding hydrogens is 500 g/mol. The number of hydrogen-bond donors (Lipinski definition) is 5. The summed E-state index contributed by atoms with van der Waals surface area (Å²) in [4.78, 5) is 61.6. The van der Waals surface area contributed by atoms with Crippen molar-refractivity contribution >= 4 is 34.8 Å². The molecule has 4 heterocycles. The van der Waals surface area contributed by atoms with Crippen LogP contribution in [0.1, 0.15) is 52.6 Å². The topological polar surface area (TPSA) is 200 Å². The summed E-state index contributed by atoms with van der Waals surface area (Å²) in [5.41, 5.74) is 0.121. The van der Waals surface area contributed by atoms with Crippen LogP contribution in [0.15, 0.2) is 35.4 Å². The number of H-pyrrole nitrogens is 1. The Balaban J connectivity index is 1.16. The maximum atomic E-state index is 12.5. The molecule has 5 N–H and O–H groups in total. The lowest BCUT2D eigenvalue weighted by atomic mass is 10.1. The van der Waals surface area contributed by atoms with Crippen molar-refractivity contribution in [2.75, 3.05) is 18.5 Å². The first kappa shape index (κ1) is 25.7. The molecule has 0 saturated carbocycles. The van der Waals surface area contributed by atoms with Gasteiger partial charge in [-0.1, -0.05) is 18.6 Å². The molecule has 3 amide bonds. The first-order valence-corrected chi connectivity index (χ1v) is 12.1. The van der Waals surface area contributed by atoms with E-state index in [1.165, 1.54) is 15.8 Å². The van der Waals surface area contributed by atoms with Gasteiger partial charge in [0, 0.05) is 13.0 Å². The normalized spacial score (nSPS) is 22.9. The lowest BCUT2D eigenvalue weighted by Gasteiger charge is -2.16. The average Bonchev–Trinajstić information content (AvgIpc) is 3.53. The van der Waals surface area contributed by atoms with Gasteiger partial charge in [-0.15, -0.1) is 0 Å². The van der Waals surface area contributed by atoms with Crippen LogP contribution in [0.2, 0.25) is 0 Å². The third-order valence-electron chi connectivity index (χ3n) is 6.65. The molecule has 5 rings (SSSR count). The van der Waals surface area contributed by atoms with Crippen molar-refractivity contribution in [1.82, 2.24) is 24.4 Å². The number of carbonyl (C=O) groups excluding carboxylic acids is 3. The van der Waals surface area contributed by atoms with Gasteiger partial charge in [0.05, 0.1) is 24.1 Å². The number of ether oxygens (including phenoxy) is 1. The minimum absolute atomic E-state index is 0.0137. The zero-order chi connectivity index (χ0) is 27.0. The Labute approximate surface area is 214 Å². The van der Waals surface area contributed by atoms with Crippen LogP contribution in [-0.4, -0.2) is 88.9 Å². The van der Waals surface area contributed by atoms with Gasteiger partial charge in [0.15, 0.2) is 17.4 Å². The molecule has 38 heavy (non-hydrogen) atoms. The summed E-state index contributed by atoms with van der Waals surface area (Å²) < 4.78 is 6.73. The van der Waals surface area contributed by atoms with E-state index in [4.69, 9.17) is 4.74 Å². The molecule has 14 heteroatoms. The maximum Gasteiger partial charge on any atom is 0.280 e. The summed E-state index contributed by atoms with van der Waals surface area (Å²) in [6.45, 7) is -0.264. The van der Waals surface area contributed by atoms with Crippen molar-refractivity contribution in [3.8, 4) is 0 Å². The summed E-state index contributed by atoms with van der Waals surface area (Å²) in [6, 6.07) is 6.67. The number of unbranched alkanes of at least 4 members (excludes halogenated alkanes) is 2. The number of nitrogens with zero attached hydrogens (tertiary/aromatic N) is 4. The molecule has 1 fully saturated rings. The second kappa shape index (κ2) is 10.4. The number of fused-ring (bicyclic) bond motifs is 2. The highest BCUT2D eigenvalue weighted by Gasteiger charge is 2.44. The molecule has 14 nitrogen and oxygen atoms in total. The van der Waals surface area contributed by atoms with Gasteiger partial charge >= 0.3 is 0 Å². The zero-order valence-electron chi connectivity index (χ0n) is 20.1. The fourth-order valence-electron chi connectivity index (χ4n) is 4.65. The van der Waals surface area contributed by atoms with Crippen molar-refractivity contribution < 1.29 is 34.4 Å². The number of benzene rings is 1. The summed E-state index contributed by atoms with van der Waals surface area (Å²) in [6.07, 6.45) is -2.00. The number of rotatable bonds is 9. The maximum absolute atomic E-state index is 12.5. The molecule has 1 aromatic carbocycles. The standard InChI is InChI=1S/C24H26N6O8/c31-10-14-17(33)18(34)23(38-14)30-11-25-16-19(30)27-24(28-20(16)35)26-15(32)8-2-1-5-9-29-21(36)12-6-3-4-7-13(12)22(29)37/h3-4,6-7,11,14,17-18,23,31,33-34H,1-2,5,8-10H2,(H2,26,27,28,32,35)/t14-,17+,18+,23+/m0/s1. The van der Waals surface area contributed by atoms with Crippen LogP contribution in [0, 0.1) is 0 Å². The summed E-state index contributed by atoms with van der Waals surface area (Å²) in [5, 5.41) is 32.2. The Morgan fingerprint density at radius 3 is 2.42 bits per heavy atom. The molecule has 2 aromatic heterocycles. The molecule has 3 aromatic rings. The third-order valence-corrected chi connectivity index (χ3v) is 6.65. The number of aliphatic hydroxyl groups is 3. The van der Waals surface area contributed by atoms with E-state index in [2.05, 4.69) is 20.3 Å². The number of anilines is 1. The summed E-state index contributed by atoms with van der Waals surface area (Å²) in [7, 11) is 0. The fraction of sp³-hybridized carbons (Fsp3) is 0.417.